The Morgan fingerprint density at radius 2 is 2.03 bits per heavy atom. The van der Waals surface area contributed by atoms with E-state index < -0.39 is 5.41 Å². The third-order valence-electron chi connectivity index (χ3n) is 5.30. The van der Waals surface area contributed by atoms with Crippen LogP contribution in [0.2, 0.25) is 5.02 Å². The van der Waals surface area contributed by atoms with E-state index in [-0.39, 0.29) is 24.5 Å². The van der Waals surface area contributed by atoms with E-state index in [1.807, 2.05) is 19.0 Å². The first kappa shape index (κ1) is 23.0. The van der Waals surface area contributed by atoms with E-state index >= 15 is 0 Å². The number of halogens is 1. The van der Waals surface area contributed by atoms with Crippen LogP contribution in [0, 0.1) is 5.41 Å². The number of benzene rings is 1. The fourth-order valence-electron chi connectivity index (χ4n) is 3.87. The molecule has 0 radical (unpaired) electrons. The first-order chi connectivity index (χ1) is 13.8. The molecule has 9 heteroatoms. The number of likely N-dealkylation sites (tertiary alicyclic amines) is 1. The molecule has 1 N–H and O–H groups in total. The van der Waals surface area contributed by atoms with Crippen LogP contribution in [0.3, 0.4) is 0 Å². The molecule has 2 saturated heterocycles. The van der Waals surface area contributed by atoms with Crippen molar-refractivity contribution in [2.24, 2.45) is 5.41 Å². The molecule has 29 heavy (non-hydrogen) atoms. The Balaban J connectivity index is 0.000000941. The van der Waals surface area contributed by atoms with Crippen LogP contribution in [-0.2, 0) is 14.3 Å². The van der Waals surface area contributed by atoms with Gasteiger partial charge in [-0.05, 0) is 45.1 Å². The summed E-state index contributed by atoms with van der Waals surface area (Å²) in [5.74, 6) is 0.313. The predicted octanol–water partition coefficient (Wildman–Crippen LogP) is 2.15. The minimum atomic E-state index is -0.435. The van der Waals surface area contributed by atoms with Crippen LogP contribution in [0.15, 0.2) is 18.2 Å². The Hall–Kier alpha value is -2.32. The minimum absolute atomic E-state index is 0.0553. The highest BCUT2D eigenvalue weighted by Crippen LogP contribution is 2.43. The molecule has 1 amide bonds. The summed E-state index contributed by atoms with van der Waals surface area (Å²) in [6.07, 6.45) is 1.97. The standard InChI is InChI=1S/C19H25ClN2O4.CH2O2/c1-21(2)12-14-11-19(18(24)26-14)6-8-22(9-7-19)17(23)13-4-5-15(20)16(10-13)25-3;2-1-3/h4-5,10,14H,6-9,11-12H2,1-3H3;1H,(H,2,3). The molecule has 160 valence electrons. The molecule has 1 aromatic carbocycles. The van der Waals surface area contributed by atoms with Gasteiger partial charge in [0, 0.05) is 31.6 Å². The van der Waals surface area contributed by atoms with Crippen molar-refractivity contribution in [3.63, 3.8) is 0 Å². The summed E-state index contributed by atoms with van der Waals surface area (Å²) in [6, 6.07) is 5.03. The molecule has 0 saturated carbocycles. The maximum atomic E-state index is 12.8. The molecule has 2 fully saturated rings. The van der Waals surface area contributed by atoms with E-state index in [4.69, 9.17) is 31.0 Å². The first-order valence-electron chi connectivity index (χ1n) is 9.33. The van der Waals surface area contributed by atoms with Crippen molar-refractivity contribution in [3.05, 3.63) is 28.8 Å². The number of piperidine rings is 1. The average Bonchev–Trinajstić information content (AvgIpc) is 2.96. The highest BCUT2D eigenvalue weighted by molar-refractivity contribution is 6.32. The highest BCUT2D eigenvalue weighted by atomic mass is 35.5. The van der Waals surface area contributed by atoms with Gasteiger partial charge in [-0.3, -0.25) is 14.4 Å². The number of nitrogens with zero attached hydrogens (tertiary/aromatic N) is 2. The van der Waals surface area contributed by atoms with Gasteiger partial charge in [0.2, 0.25) is 0 Å². The van der Waals surface area contributed by atoms with Crippen molar-refractivity contribution in [1.29, 1.82) is 0 Å². The molecule has 1 unspecified atom stereocenters. The van der Waals surface area contributed by atoms with Crippen LogP contribution in [-0.4, -0.2) is 80.2 Å². The van der Waals surface area contributed by atoms with Crippen LogP contribution in [0.25, 0.3) is 0 Å². The summed E-state index contributed by atoms with van der Waals surface area (Å²) in [5.41, 5.74) is 0.108. The number of carboxylic acid groups (broad SMARTS) is 1. The second kappa shape index (κ2) is 9.93. The molecule has 1 aromatic rings. The zero-order valence-electron chi connectivity index (χ0n) is 16.9. The van der Waals surface area contributed by atoms with Gasteiger partial charge < -0.3 is 24.4 Å². The molecule has 2 aliphatic heterocycles. The highest BCUT2D eigenvalue weighted by Gasteiger charge is 2.50. The topological polar surface area (TPSA) is 96.4 Å². The molecular weight excluding hydrogens is 400 g/mol. The molecule has 0 bridgehead atoms. The normalized spacial score (nSPS) is 20.1. The molecular formula is C20H27ClN2O6. The fourth-order valence-corrected chi connectivity index (χ4v) is 4.06. The Labute approximate surface area is 175 Å². The van der Waals surface area contributed by atoms with Gasteiger partial charge >= 0.3 is 5.97 Å². The van der Waals surface area contributed by atoms with Gasteiger partial charge in [-0.25, -0.2) is 0 Å². The minimum Gasteiger partial charge on any atom is -0.495 e. The van der Waals surface area contributed by atoms with Crippen molar-refractivity contribution < 1.29 is 29.0 Å². The number of amides is 1. The number of hydrogen-bond donors (Lipinski definition) is 1. The maximum Gasteiger partial charge on any atom is 0.312 e. The van der Waals surface area contributed by atoms with E-state index in [1.165, 1.54) is 7.11 Å². The lowest BCUT2D eigenvalue weighted by atomic mass is 9.76. The van der Waals surface area contributed by atoms with E-state index in [9.17, 15) is 9.59 Å². The number of rotatable bonds is 4. The summed E-state index contributed by atoms with van der Waals surface area (Å²) in [6.45, 7) is 1.59. The molecule has 0 aliphatic carbocycles. The molecule has 1 spiro atoms. The monoisotopic (exact) mass is 426 g/mol. The van der Waals surface area contributed by atoms with Crippen LogP contribution in [0.1, 0.15) is 29.6 Å². The molecule has 2 heterocycles. The van der Waals surface area contributed by atoms with Crippen molar-refractivity contribution in [2.75, 3.05) is 40.8 Å². The number of methoxy groups -OCH3 is 1. The Morgan fingerprint density at radius 1 is 1.41 bits per heavy atom. The van der Waals surface area contributed by atoms with E-state index in [0.717, 1.165) is 13.0 Å². The zero-order valence-corrected chi connectivity index (χ0v) is 17.6. The summed E-state index contributed by atoms with van der Waals surface area (Å²) >= 11 is 6.03. The van der Waals surface area contributed by atoms with Crippen LogP contribution >= 0.6 is 11.6 Å². The lowest BCUT2D eigenvalue weighted by Crippen LogP contribution is -2.45. The number of ether oxygens (including phenoxy) is 2. The number of likely N-dealkylation sites (N-methyl/N-ethyl adjacent to an activating group) is 1. The third kappa shape index (κ3) is 5.39. The Bertz CT molecular complexity index is 746. The molecule has 0 aromatic heterocycles. The van der Waals surface area contributed by atoms with E-state index in [0.29, 0.717) is 42.3 Å². The Morgan fingerprint density at radius 3 is 2.59 bits per heavy atom. The first-order valence-corrected chi connectivity index (χ1v) is 9.70. The van der Waals surface area contributed by atoms with Gasteiger partial charge in [0.15, 0.2) is 0 Å². The van der Waals surface area contributed by atoms with Gasteiger partial charge in [-0.2, -0.15) is 0 Å². The van der Waals surface area contributed by atoms with E-state index in [2.05, 4.69) is 0 Å². The van der Waals surface area contributed by atoms with Crippen molar-refractivity contribution in [2.45, 2.75) is 25.4 Å². The number of carbonyl (C=O) groups is 3. The second-order valence-electron chi connectivity index (χ2n) is 7.52. The van der Waals surface area contributed by atoms with E-state index in [1.54, 1.807) is 23.1 Å². The van der Waals surface area contributed by atoms with Crippen LogP contribution in [0.4, 0.5) is 0 Å². The lowest BCUT2D eigenvalue weighted by Gasteiger charge is -2.36. The van der Waals surface area contributed by atoms with Crippen molar-refractivity contribution in [1.82, 2.24) is 9.80 Å². The van der Waals surface area contributed by atoms with Gasteiger partial charge in [0.05, 0.1) is 17.5 Å². The molecule has 2 aliphatic rings. The smallest absolute Gasteiger partial charge is 0.312 e. The molecule has 8 nitrogen and oxygen atoms in total. The van der Waals surface area contributed by atoms with Gasteiger partial charge in [0.25, 0.3) is 12.4 Å². The maximum absolute atomic E-state index is 12.8. The second-order valence-corrected chi connectivity index (χ2v) is 7.93. The van der Waals surface area contributed by atoms with Crippen LogP contribution < -0.4 is 4.74 Å². The largest absolute Gasteiger partial charge is 0.495 e. The SMILES string of the molecule is COc1cc(C(=O)N2CCC3(CC2)CC(CN(C)C)OC3=O)ccc1Cl.O=CO. The summed E-state index contributed by atoms with van der Waals surface area (Å²) in [7, 11) is 5.47. The number of hydrogen-bond acceptors (Lipinski definition) is 6. The van der Waals surface area contributed by atoms with Crippen molar-refractivity contribution >= 4 is 29.9 Å². The van der Waals surface area contributed by atoms with Gasteiger partial charge in [-0.15, -0.1) is 0 Å². The van der Waals surface area contributed by atoms with Crippen LogP contribution in [0.5, 0.6) is 5.75 Å². The van der Waals surface area contributed by atoms with Gasteiger partial charge in [-0.1, -0.05) is 11.6 Å². The fraction of sp³-hybridized carbons (Fsp3) is 0.550. The average molecular weight is 427 g/mol. The number of carbonyl (C=O) groups excluding carboxylic acids is 2. The zero-order chi connectivity index (χ0) is 21.6. The summed E-state index contributed by atoms with van der Waals surface area (Å²) in [4.78, 5) is 37.4. The molecule has 1 atom stereocenters. The lowest BCUT2D eigenvalue weighted by molar-refractivity contribution is -0.150. The summed E-state index contributed by atoms with van der Waals surface area (Å²) in [5, 5.41) is 7.36. The Kier molecular flexibility index (Phi) is 7.87. The number of cyclic esters (lactones) is 1. The van der Waals surface area contributed by atoms with Crippen molar-refractivity contribution in [3.8, 4) is 5.75 Å². The predicted molar refractivity (Wildman–Crippen MR) is 107 cm³/mol. The molecule has 3 rings (SSSR count). The summed E-state index contributed by atoms with van der Waals surface area (Å²) < 4.78 is 10.8. The quantitative estimate of drug-likeness (QED) is 0.582. The third-order valence-corrected chi connectivity index (χ3v) is 5.61. The van der Waals surface area contributed by atoms with Gasteiger partial charge in [0.1, 0.15) is 11.9 Å². The number of esters is 1.